The molecule has 0 radical (unpaired) electrons. The molecule has 0 saturated carbocycles. The molecule has 0 aliphatic carbocycles. The van der Waals surface area contributed by atoms with Gasteiger partial charge in [0.05, 0.1) is 17.6 Å². The molecule has 1 aromatic carbocycles. The fourth-order valence-electron chi connectivity index (χ4n) is 3.25. The average Bonchev–Trinajstić information content (AvgIpc) is 3.33. The summed E-state index contributed by atoms with van der Waals surface area (Å²) < 4.78 is 1.80. The van der Waals surface area contributed by atoms with Gasteiger partial charge in [-0.25, -0.2) is 4.68 Å². The summed E-state index contributed by atoms with van der Waals surface area (Å²) in [5, 5.41) is 20.2. The minimum atomic E-state index is 0.445. The molecule has 3 heterocycles. The molecule has 0 bridgehead atoms. The first-order chi connectivity index (χ1) is 12.4. The number of nitrogens with zero attached hydrogens (tertiary/aromatic N) is 6. The fourth-order valence-corrected chi connectivity index (χ4v) is 3.25. The van der Waals surface area contributed by atoms with Crippen LogP contribution in [0, 0.1) is 0 Å². The molecule has 0 amide bonds. The van der Waals surface area contributed by atoms with Crippen molar-refractivity contribution >= 4 is 5.82 Å². The summed E-state index contributed by atoms with van der Waals surface area (Å²) in [5.74, 6) is 0.960. The maximum Gasteiger partial charge on any atom is 0.151 e. The van der Waals surface area contributed by atoms with Crippen molar-refractivity contribution in [2.45, 2.75) is 25.4 Å². The Bertz CT molecular complexity index is 787. The quantitative estimate of drug-likeness (QED) is 0.741. The van der Waals surface area contributed by atoms with Crippen LogP contribution >= 0.6 is 0 Å². The van der Waals surface area contributed by atoms with Crippen LogP contribution in [0.2, 0.25) is 0 Å². The van der Waals surface area contributed by atoms with Gasteiger partial charge in [-0.1, -0.05) is 23.4 Å². The van der Waals surface area contributed by atoms with Crippen molar-refractivity contribution in [1.82, 2.24) is 30.5 Å². The summed E-state index contributed by atoms with van der Waals surface area (Å²) in [6.07, 6.45) is 6.04. The van der Waals surface area contributed by atoms with Gasteiger partial charge < -0.3 is 10.2 Å². The lowest BCUT2D eigenvalue weighted by Crippen LogP contribution is -2.38. The predicted octanol–water partition coefficient (Wildman–Crippen LogP) is 1.82. The van der Waals surface area contributed by atoms with E-state index in [9.17, 15) is 0 Å². The van der Waals surface area contributed by atoms with Crippen LogP contribution in [-0.4, -0.2) is 44.3 Å². The van der Waals surface area contributed by atoms with Gasteiger partial charge in [0.2, 0.25) is 0 Å². The standard InChI is InChI=1S/C18H21N7/c1-2-6-16(7-3-1)25-14-15(21-23-25)12-19-13-17-8-5-11-24(17)18-9-4-10-20-22-18/h1-4,6-7,9-10,14,17,19H,5,8,11-13H2/t17-/m1/s1. The second-order valence-corrected chi connectivity index (χ2v) is 6.19. The molecule has 2 aromatic heterocycles. The SMILES string of the molecule is c1ccc(-n2cc(CNC[C@H]3CCCN3c3cccnn3)nn2)cc1. The second kappa shape index (κ2) is 7.40. The first-order valence-electron chi connectivity index (χ1n) is 8.62. The third-order valence-electron chi connectivity index (χ3n) is 4.48. The summed E-state index contributed by atoms with van der Waals surface area (Å²) in [7, 11) is 0. The number of anilines is 1. The number of hydrogen-bond acceptors (Lipinski definition) is 6. The molecule has 0 unspecified atom stereocenters. The van der Waals surface area contributed by atoms with Crippen LogP contribution in [0.25, 0.3) is 5.69 Å². The van der Waals surface area contributed by atoms with Gasteiger partial charge in [-0.05, 0) is 37.1 Å². The summed E-state index contributed by atoms with van der Waals surface area (Å²) in [6.45, 7) is 2.64. The van der Waals surface area contributed by atoms with Crippen molar-refractivity contribution in [3.63, 3.8) is 0 Å². The van der Waals surface area contributed by atoms with Gasteiger partial charge >= 0.3 is 0 Å². The highest BCUT2D eigenvalue weighted by atomic mass is 15.4. The minimum absolute atomic E-state index is 0.445. The van der Waals surface area contributed by atoms with E-state index >= 15 is 0 Å². The van der Waals surface area contributed by atoms with Crippen LogP contribution < -0.4 is 10.2 Å². The van der Waals surface area contributed by atoms with E-state index in [2.05, 4.69) is 30.7 Å². The van der Waals surface area contributed by atoms with Gasteiger partial charge in [0.15, 0.2) is 5.82 Å². The van der Waals surface area contributed by atoms with Gasteiger partial charge in [-0.3, -0.25) is 0 Å². The molecule has 7 nitrogen and oxygen atoms in total. The topological polar surface area (TPSA) is 71.8 Å². The van der Waals surface area contributed by atoms with E-state index in [1.165, 1.54) is 12.8 Å². The van der Waals surface area contributed by atoms with Gasteiger partial charge in [-0.2, -0.15) is 5.10 Å². The van der Waals surface area contributed by atoms with Crippen LogP contribution in [-0.2, 0) is 6.54 Å². The van der Waals surface area contributed by atoms with Crippen molar-refractivity contribution in [2.75, 3.05) is 18.0 Å². The van der Waals surface area contributed by atoms with E-state index in [1.807, 2.05) is 48.7 Å². The van der Waals surface area contributed by atoms with Crippen molar-refractivity contribution in [2.24, 2.45) is 0 Å². The Labute approximate surface area is 146 Å². The van der Waals surface area contributed by atoms with Gasteiger partial charge in [0, 0.05) is 31.9 Å². The molecular weight excluding hydrogens is 314 g/mol. The molecule has 1 saturated heterocycles. The minimum Gasteiger partial charge on any atom is -0.351 e. The highest BCUT2D eigenvalue weighted by Crippen LogP contribution is 2.22. The number of hydrogen-bond donors (Lipinski definition) is 1. The second-order valence-electron chi connectivity index (χ2n) is 6.19. The molecule has 1 aliphatic heterocycles. The summed E-state index contributed by atoms with van der Waals surface area (Å²) in [6, 6.07) is 14.4. The Hall–Kier alpha value is -2.80. The number of nitrogens with one attached hydrogen (secondary N) is 1. The monoisotopic (exact) mass is 335 g/mol. The van der Waals surface area contributed by atoms with Crippen LogP contribution in [0.3, 0.4) is 0 Å². The fraction of sp³-hybridized carbons (Fsp3) is 0.333. The first-order valence-corrected chi connectivity index (χ1v) is 8.62. The number of rotatable bonds is 6. The number of aromatic nitrogens is 5. The van der Waals surface area contributed by atoms with Crippen molar-refractivity contribution in [3.8, 4) is 5.69 Å². The maximum absolute atomic E-state index is 4.25. The zero-order valence-corrected chi connectivity index (χ0v) is 14.0. The molecular formula is C18H21N7. The summed E-state index contributed by atoms with van der Waals surface area (Å²) >= 11 is 0. The van der Waals surface area contributed by atoms with Crippen molar-refractivity contribution in [3.05, 3.63) is 60.6 Å². The van der Waals surface area contributed by atoms with Crippen molar-refractivity contribution < 1.29 is 0 Å². The van der Waals surface area contributed by atoms with Gasteiger partial charge in [0.1, 0.15) is 0 Å². The van der Waals surface area contributed by atoms with Crippen LogP contribution in [0.4, 0.5) is 5.82 Å². The molecule has 4 rings (SSSR count). The maximum atomic E-state index is 4.25. The Morgan fingerprint density at radius 2 is 2.00 bits per heavy atom. The van der Waals surface area contributed by atoms with Crippen LogP contribution in [0.15, 0.2) is 54.9 Å². The normalized spacial score (nSPS) is 17.1. The van der Waals surface area contributed by atoms with E-state index in [-0.39, 0.29) is 0 Å². The van der Waals surface area contributed by atoms with Crippen LogP contribution in [0.1, 0.15) is 18.5 Å². The molecule has 128 valence electrons. The summed E-state index contributed by atoms with van der Waals surface area (Å²) in [5.41, 5.74) is 1.96. The Morgan fingerprint density at radius 1 is 1.08 bits per heavy atom. The average molecular weight is 335 g/mol. The third-order valence-corrected chi connectivity index (χ3v) is 4.48. The molecule has 25 heavy (non-hydrogen) atoms. The largest absolute Gasteiger partial charge is 0.351 e. The molecule has 1 fully saturated rings. The molecule has 1 N–H and O–H groups in total. The number of para-hydroxylation sites is 1. The third kappa shape index (κ3) is 3.66. The zero-order chi connectivity index (χ0) is 16.9. The zero-order valence-electron chi connectivity index (χ0n) is 14.0. The van der Waals surface area contributed by atoms with E-state index in [1.54, 1.807) is 10.9 Å². The van der Waals surface area contributed by atoms with E-state index < -0.39 is 0 Å². The Kier molecular flexibility index (Phi) is 4.65. The first kappa shape index (κ1) is 15.7. The van der Waals surface area contributed by atoms with E-state index in [0.29, 0.717) is 12.6 Å². The lowest BCUT2D eigenvalue weighted by atomic mass is 10.2. The predicted molar refractivity (Wildman–Crippen MR) is 95.5 cm³/mol. The van der Waals surface area contributed by atoms with Gasteiger partial charge in [-0.15, -0.1) is 10.2 Å². The lowest BCUT2D eigenvalue weighted by Gasteiger charge is -2.25. The molecule has 1 atom stereocenters. The Morgan fingerprint density at radius 3 is 2.84 bits per heavy atom. The summed E-state index contributed by atoms with van der Waals surface area (Å²) in [4.78, 5) is 2.33. The Balaban J connectivity index is 1.33. The molecule has 7 heteroatoms. The van der Waals surface area contributed by atoms with Crippen molar-refractivity contribution in [1.29, 1.82) is 0 Å². The lowest BCUT2D eigenvalue weighted by molar-refractivity contribution is 0.565. The molecule has 3 aromatic rings. The number of benzene rings is 1. The van der Waals surface area contributed by atoms with Crippen LogP contribution in [0.5, 0.6) is 0 Å². The highest BCUT2D eigenvalue weighted by Gasteiger charge is 2.25. The van der Waals surface area contributed by atoms with E-state index in [0.717, 1.165) is 30.3 Å². The van der Waals surface area contributed by atoms with Gasteiger partial charge in [0.25, 0.3) is 0 Å². The molecule has 0 spiro atoms. The smallest absolute Gasteiger partial charge is 0.151 e. The highest BCUT2D eigenvalue weighted by molar-refractivity contribution is 5.39. The van der Waals surface area contributed by atoms with E-state index in [4.69, 9.17) is 0 Å². The molecule has 1 aliphatic rings.